The second-order valence-corrected chi connectivity index (χ2v) is 5.92. The van der Waals surface area contributed by atoms with Gasteiger partial charge in [-0.2, -0.15) is 0 Å². The van der Waals surface area contributed by atoms with E-state index in [1.807, 2.05) is 36.9 Å². The van der Waals surface area contributed by atoms with Crippen molar-refractivity contribution in [3.05, 3.63) is 67.5 Å². The van der Waals surface area contributed by atoms with Gasteiger partial charge in [-0.1, -0.05) is 0 Å². The Hall–Kier alpha value is -3.47. The highest BCUT2D eigenvalue weighted by atomic mass is 15.1. The third kappa shape index (κ3) is 1.29. The molecule has 0 saturated carbocycles. The second kappa shape index (κ2) is 4.08. The van der Waals surface area contributed by atoms with E-state index >= 15 is 0 Å². The molecule has 112 valence electrons. The summed E-state index contributed by atoms with van der Waals surface area (Å²) in [5, 5.41) is 3.58. The van der Waals surface area contributed by atoms with Crippen LogP contribution in [0.5, 0.6) is 0 Å². The smallest absolute Gasteiger partial charge is 0.146 e. The fraction of sp³-hybridized carbons (Fsp3) is 0. The van der Waals surface area contributed by atoms with Crippen LogP contribution in [0.15, 0.2) is 67.5 Å². The summed E-state index contributed by atoms with van der Waals surface area (Å²) in [6.07, 6.45) is 11.4. The van der Waals surface area contributed by atoms with Gasteiger partial charge in [-0.15, -0.1) is 0 Å². The molecular formula is C19H11N5. The molecule has 0 aromatic carbocycles. The lowest BCUT2D eigenvalue weighted by Crippen LogP contribution is -1.95. The Morgan fingerprint density at radius 1 is 0.750 bits per heavy atom. The van der Waals surface area contributed by atoms with E-state index in [-0.39, 0.29) is 0 Å². The van der Waals surface area contributed by atoms with Crippen LogP contribution in [0.4, 0.5) is 0 Å². The molecule has 5 nitrogen and oxygen atoms in total. The summed E-state index contributed by atoms with van der Waals surface area (Å²) in [6.45, 7) is 0. The maximum Gasteiger partial charge on any atom is 0.146 e. The Kier molecular flexibility index (Phi) is 2.04. The van der Waals surface area contributed by atoms with Crippen LogP contribution in [-0.4, -0.2) is 23.9 Å². The molecule has 6 aromatic heterocycles. The summed E-state index contributed by atoms with van der Waals surface area (Å²) < 4.78 is 4.34. The lowest BCUT2D eigenvalue weighted by atomic mass is 10.1. The topological polar surface area (TPSA) is 48.0 Å². The monoisotopic (exact) mass is 309 g/mol. The molecule has 0 saturated heterocycles. The quantitative estimate of drug-likeness (QED) is 0.434. The lowest BCUT2D eigenvalue weighted by Gasteiger charge is -2.06. The highest BCUT2D eigenvalue weighted by Gasteiger charge is 2.20. The van der Waals surface area contributed by atoms with Crippen LogP contribution in [-0.2, 0) is 0 Å². The summed E-state index contributed by atoms with van der Waals surface area (Å²) in [4.78, 5) is 13.4. The molecule has 0 aliphatic rings. The van der Waals surface area contributed by atoms with Crippen molar-refractivity contribution < 1.29 is 0 Å². The average molecular weight is 309 g/mol. The summed E-state index contributed by atoms with van der Waals surface area (Å²) in [5.41, 5.74) is 5.26. The number of nitrogens with zero attached hydrogens (tertiary/aromatic N) is 5. The van der Waals surface area contributed by atoms with Crippen LogP contribution in [0.3, 0.4) is 0 Å². The minimum atomic E-state index is 0.942. The van der Waals surface area contributed by atoms with Gasteiger partial charge < -0.3 is 4.40 Å². The zero-order valence-electron chi connectivity index (χ0n) is 12.6. The minimum Gasteiger partial charge on any atom is -0.314 e. The third-order valence-corrected chi connectivity index (χ3v) is 4.73. The Morgan fingerprint density at radius 2 is 1.71 bits per heavy atom. The fourth-order valence-corrected chi connectivity index (χ4v) is 3.80. The van der Waals surface area contributed by atoms with Crippen LogP contribution in [0.2, 0.25) is 0 Å². The van der Waals surface area contributed by atoms with Gasteiger partial charge in [-0.3, -0.25) is 14.5 Å². The molecule has 0 fully saturated rings. The molecule has 0 aliphatic heterocycles. The van der Waals surface area contributed by atoms with Gasteiger partial charge in [-0.05, 0) is 30.3 Å². The highest BCUT2D eigenvalue weighted by molar-refractivity contribution is 6.25. The van der Waals surface area contributed by atoms with Gasteiger partial charge in [0.05, 0.1) is 40.8 Å². The fourth-order valence-electron chi connectivity index (χ4n) is 3.80. The third-order valence-electron chi connectivity index (χ3n) is 4.73. The first-order valence-corrected chi connectivity index (χ1v) is 7.79. The van der Waals surface area contributed by atoms with Gasteiger partial charge in [-0.25, -0.2) is 4.98 Å². The van der Waals surface area contributed by atoms with E-state index in [0.717, 1.165) is 22.4 Å². The summed E-state index contributed by atoms with van der Waals surface area (Å²) >= 11 is 0. The molecule has 0 bridgehead atoms. The van der Waals surface area contributed by atoms with Crippen LogP contribution >= 0.6 is 0 Å². The van der Waals surface area contributed by atoms with Crippen LogP contribution in [0, 0.1) is 0 Å². The van der Waals surface area contributed by atoms with Crippen molar-refractivity contribution in [3.8, 4) is 5.69 Å². The molecule has 6 heterocycles. The maximum absolute atomic E-state index is 4.69. The van der Waals surface area contributed by atoms with E-state index in [4.69, 9.17) is 0 Å². The predicted octanol–water partition coefficient (Wildman–Crippen LogP) is 3.81. The first-order valence-electron chi connectivity index (χ1n) is 7.79. The molecule has 0 radical (unpaired) electrons. The summed E-state index contributed by atoms with van der Waals surface area (Å²) in [5.74, 6) is 0. The minimum absolute atomic E-state index is 0.942. The number of aromatic nitrogens is 5. The van der Waals surface area contributed by atoms with Gasteiger partial charge in [0, 0.05) is 34.7 Å². The van der Waals surface area contributed by atoms with Gasteiger partial charge in [0.2, 0.25) is 0 Å². The molecule has 0 atom stereocenters. The number of hydrogen-bond acceptors (Lipinski definition) is 3. The molecule has 0 unspecified atom stereocenters. The van der Waals surface area contributed by atoms with Gasteiger partial charge >= 0.3 is 0 Å². The molecule has 0 spiro atoms. The van der Waals surface area contributed by atoms with E-state index in [1.54, 1.807) is 6.20 Å². The van der Waals surface area contributed by atoms with Crippen molar-refractivity contribution in [2.24, 2.45) is 0 Å². The number of fused-ring (bicyclic) bond motifs is 3. The van der Waals surface area contributed by atoms with Crippen molar-refractivity contribution in [2.75, 3.05) is 0 Å². The Labute approximate surface area is 136 Å². The van der Waals surface area contributed by atoms with E-state index < -0.39 is 0 Å². The Morgan fingerprint density at radius 3 is 2.62 bits per heavy atom. The molecule has 6 aromatic rings. The summed E-state index contributed by atoms with van der Waals surface area (Å²) in [6, 6.07) is 10.3. The summed E-state index contributed by atoms with van der Waals surface area (Å²) in [7, 11) is 0. The normalized spacial score (nSPS) is 12.2. The second-order valence-electron chi connectivity index (χ2n) is 5.92. The molecule has 24 heavy (non-hydrogen) atoms. The first-order chi connectivity index (χ1) is 11.9. The van der Waals surface area contributed by atoms with E-state index in [9.17, 15) is 0 Å². The van der Waals surface area contributed by atoms with Crippen molar-refractivity contribution in [2.45, 2.75) is 0 Å². The lowest BCUT2D eigenvalue weighted by molar-refractivity contribution is 1.10. The van der Waals surface area contributed by atoms with Gasteiger partial charge in [0.1, 0.15) is 5.65 Å². The predicted molar refractivity (Wildman–Crippen MR) is 93.8 cm³/mol. The van der Waals surface area contributed by atoms with E-state index in [1.165, 1.54) is 21.7 Å². The number of pyridine rings is 4. The SMILES string of the molecule is c1cncc(-n2c3cncc4c3c3c(ccnc32)c2cccn24)c1. The highest BCUT2D eigenvalue weighted by Crippen LogP contribution is 2.38. The average Bonchev–Trinajstić information content (AvgIpc) is 3.25. The van der Waals surface area contributed by atoms with E-state index in [2.05, 4.69) is 48.3 Å². The van der Waals surface area contributed by atoms with Crippen molar-refractivity contribution in [1.29, 1.82) is 0 Å². The zero-order chi connectivity index (χ0) is 15.7. The van der Waals surface area contributed by atoms with Crippen LogP contribution in [0.1, 0.15) is 0 Å². The first kappa shape index (κ1) is 12.0. The largest absolute Gasteiger partial charge is 0.314 e. The molecule has 6 rings (SSSR count). The zero-order valence-corrected chi connectivity index (χ0v) is 12.6. The Bertz CT molecular complexity index is 1260. The van der Waals surface area contributed by atoms with E-state index in [0.29, 0.717) is 0 Å². The molecule has 5 heteroatoms. The van der Waals surface area contributed by atoms with Crippen LogP contribution in [0.25, 0.3) is 44.0 Å². The molecule has 0 N–H and O–H groups in total. The van der Waals surface area contributed by atoms with Crippen molar-refractivity contribution in [3.63, 3.8) is 0 Å². The van der Waals surface area contributed by atoms with Crippen molar-refractivity contribution >= 4 is 38.4 Å². The van der Waals surface area contributed by atoms with Gasteiger partial charge in [0.25, 0.3) is 0 Å². The number of hydrogen-bond donors (Lipinski definition) is 0. The standard InChI is InChI=1S/C19H11N5/c1-3-12(9-20-6-1)24-16-11-21-10-15-18(16)17-13(5-7-22-19(17)24)14-4-2-8-23(14)15/h1-11H. The maximum atomic E-state index is 4.69. The van der Waals surface area contributed by atoms with Crippen molar-refractivity contribution in [1.82, 2.24) is 23.9 Å². The van der Waals surface area contributed by atoms with Gasteiger partial charge in [0.15, 0.2) is 0 Å². The van der Waals surface area contributed by atoms with Crippen LogP contribution < -0.4 is 0 Å². The molecule has 0 amide bonds. The Balaban J connectivity index is 2.00. The molecule has 0 aliphatic carbocycles. The molecular weight excluding hydrogens is 298 g/mol. The number of rotatable bonds is 1.